The van der Waals surface area contributed by atoms with E-state index in [4.69, 9.17) is 5.11 Å². The lowest BCUT2D eigenvalue weighted by Crippen LogP contribution is -2.27. The van der Waals surface area contributed by atoms with Crippen molar-refractivity contribution in [2.45, 2.75) is 0 Å². The number of carbonyl (C=O) groups excluding carboxylic acids is 1. The van der Waals surface area contributed by atoms with Crippen molar-refractivity contribution in [3.8, 4) is 0 Å². The van der Waals surface area contributed by atoms with Gasteiger partial charge in [-0.1, -0.05) is 0 Å². The summed E-state index contributed by atoms with van der Waals surface area (Å²) in [7, 11) is 0. The summed E-state index contributed by atoms with van der Waals surface area (Å²) >= 11 is 3.15. The number of nitrogens with one attached hydrogen (secondary N) is 1. The molecule has 0 spiro atoms. The van der Waals surface area contributed by atoms with Crippen molar-refractivity contribution in [3.63, 3.8) is 0 Å². The Hall–Kier alpha value is -1.01. The average Bonchev–Trinajstić information content (AvgIpc) is 2.15. The molecule has 2 N–H and O–H groups in total. The molecule has 0 aromatic carbocycles. The molecule has 70 valence electrons. The molecular formula is C7H8BrN3O2. The van der Waals surface area contributed by atoms with E-state index in [0.29, 0.717) is 4.47 Å². The monoisotopic (exact) mass is 245 g/mol. The first kappa shape index (κ1) is 10.1. The lowest BCUT2D eigenvalue weighted by Gasteiger charge is -2.00. The summed E-state index contributed by atoms with van der Waals surface area (Å²) < 4.78 is 0.714. The second-order valence-electron chi connectivity index (χ2n) is 2.20. The van der Waals surface area contributed by atoms with Crippen LogP contribution in [0.4, 0.5) is 0 Å². The molecule has 0 bridgehead atoms. The van der Waals surface area contributed by atoms with Crippen LogP contribution in [0.15, 0.2) is 16.9 Å². The van der Waals surface area contributed by atoms with Crippen LogP contribution in [0.1, 0.15) is 10.6 Å². The Morgan fingerprint density at radius 2 is 2.15 bits per heavy atom. The Morgan fingerprint density at radius 3 is 2.69 bits per heavy atom. The summed E-state index contributed by atoms with van der Waals surface area (Å²) in [4.78, 5) is 18.7. The average molecular weight is 246 g/mol. The minimum absolute atomic E-state index is 0.0941. The van der Waals surface area contributed by atoms with Crippen molar-refractivity contribution < 1.29 is 9.90 Å². The van der Waals surface area contributed by atoms with Crippen LogP contribution in [0, 0.1) is 0 Å². The van der Waals surface area contributed by atoms with Gasteiger partial charge in [-0.25, -0.2) is 9.97 Å². The molecule has 1 aromatic heterocycles. The highest BCUT2D eigenvalue weighted by Crippen LogP contribution is 2.03. The largest absolute Gasteiger partial charge is 0.395 e. The first-order valence-corrected chi connectivity index (χ1v) is 4.40. The van der Waals surface area contributed by atoms with E-state index in [0.717, 1.165) is 0 Å². The Balaban J connectivity index is 2.61. The maximum absolute atomic E-state index is 11.2. The molecule has 13 heavy (non-hydrogen) atoms. The third kappa shape index (κ3) is 3.08. The summed E-state index contributed by atoms with van der Waals surface area (Å²) in [6, 6.07) is 0. The lowest BCUT2D eigenvalue weighted by atomic mass is 10.5. The molecule has 0 saturated carbocycles. The second-order valence-corrected chi connectivity index (χ2v) is 3.12. The highest BCUT2D eigenvalue weighted by atomic mass is 79.9. The van der Waals surface area contributed by atoms with Gasteiger partial charge in [0.2, 0.25) is 5.82 Å². The van der Waals surface area contributed by atoms with Crippen LogP contribution in [0.3, 0.4) is 0 Å². The zero-order valence-corrected chi connectivity index (χ0v) is 8.28. The molecule has 5 nitrogen and oxygen atoms in total. The standard InChI is InChI=1S/C7H8BrN3O2/c8-5-3-10-6(11-4-5)7(13)9-1-2-12/h3-4,12H,1-2H2,(H,9,13). The molecule has 0 aliphatic rings. The van der Waals surface area contributed by atoms with Crippen molar-refractivity contribution >= 4 is 21.8 Å². The van der Waals surface area contributed by atoms with Gasteiger partial charge >= 0.3 is 0 Å². The third-order valence-electron chi connectivity index (χ3n) is 1.22. The minimum atomic E-state index is -0.387. The quantitative estimate of drug-likeness (QED) is 0.784. The predicted octanol–water partition coefficient (Wildman–Crippen LogP) is -0.0388. The highest BCUT2D eigenvalue weighted by molar-refractivity contribution is 9.10. The fourth-order valence-electron chi connectivity index (χ4n) is 0.678. The zero-order chi connectivity index (χ0) is 9.68. The molecule has 0 fully saturated rings. The molecule has 6 heteroatoms. The summed E-state index contributed by atoms with van der Waals surface area (Å²) in [5.74, 6) is -0.293. The molecule has 0 unspecified atom stereocenters. The number of halogens is 1. The van der Waals surface area contributed by atoms with Gasteiger partial charge in [-0.15, -0.1) is 0 Å². The number of aliphatic hydroxyl groups is 1. The van der Waals surface area contributed by atoms with Gasteiger partial charge in [-0.05, 0) is 15.9 Å². The van der Waals surface area contributed by atoms with Crippen LogP contribution in [0.2, 0.25) is 0 Å². The van der Waals surface area contributed by atoms with Gasteiger partial charge in [0.1, 0.15) is 0 Å². The molecule has 0 saturated heterocycles. The van der Waals surface area contributed by atoms with E-state index in [1.165, 1.54) is 12.4 Å². The van der Waals surface area contributed by atoms with Crippen molar-refractivity contribution in [2.75, 3.05) is 13.2 Å². The van der Waals surface area contributed by atoms with E-state index in [-0.39, 0.29) is 24.9 Å². The summed E-state index contributed by atoms with van der Waals surface area (Å²) in [5, 5.41) is 10.9. The van der Waals surface area contributed by atoms with Crippen LogP contribution >= 0.6 is 15.9 Å². The molecular weight excluding hydrogens is 238 g/mol. The van der Waals surface area contributed by atoms with E-state index < -0.39 is 0 Å². The molecule has 1 heterocycles. The number of nitrogens with zero attached hydrogens (tertiary/aromatic N) is 2. The predicted molar refractivity (Wildman–Crippen MR) is 49.2 cm³/mol. The summed E-state index contributed by atoms with van der Waals surface area (Å²) in [6.45, 7) is 0.112. The van der Waals surface area contributed by atoms with Gasteiger partial charge in [0.05, 0.1) is 11.1 Å². The van der Waals surface area contributed by atoms with Crippen LogP contribution in [0.25, 0.3) is 0 Å². The fraction of sp³-hybridized carbons (Fsp3) is 0.286. The van der Waals surface area contributed by atoms with Crippen molar-refractivity contribution in [3.05, 3.63) is 22.7 Å². The third-order valence-corrected chi connectivity index (χ3v) is 1.63. The number of rotatable bonds is 3. The molecule has 0 atom stereocenters. The van der Waals surface area contributed by atoms with E-state index in [1.54, 1.807) is 0 Å². The van der Waals surface area contributed by atoms with Crippen LogP contribution in [-0.4, -0.2) is 34.1 Å². The highest BCUT2D eigenvalue weighted by Gasteiger charge is 2.06. The number of aliphatic hydroxyl groups excluding tert-OH is 1. The Labute approximate surface area is 83.3 Å². The normalized spacial score (nSPS) is 9.69. The number of carbonyl (C=O) groups is 1. The minimum Gasteiger partial charge on any atom is -0.395 e. The topological polar surface area (TPSA) is 75.1 Å². The lowest BCUT2D eigenvalue weighted by molar-refractivity contribution is 0.0934. The molecule has 1 rings (SSSR count). The van der Waals surface area contributed by atoms with E-state index in [2.05, 4.69) is 31.2 Å². The molecule has 0 radical (unpaired) electrons. The van der Waals surface area contributed by atoms with E-state index >= 15 is 0 Å². The number of hydrogen-bond donors (Lipinski definition) is 2. The van der Waals surface area contributed by atoms with Crippen molar-refractivity contribution in [1.29, 1.82) is 0 Å². The second kappa shape index (κ2) is 4.88. The Morgan fingerprint density at radius 1 is 1.54 bits per heavy atom. The Bertz CT molecular complexity index is 288. The first-order valence-electron chi connectivity index (χ1n) is 3.60. The molecule has 0 aliphatic carbocycles. The summed E-state index contributed by atoms with van der Waals surface area (Å²) in [6.07, 6.45) is 2.97. The summed E-state index contributed by atoms with van der Waals surface area (Å²) in [5.41, 5.74) is 0. The van der Waals surface area contributed by atoms with Crippen LogP contribution in [-0.2, 0) is 0 Å². The van der Waals surface area contributed by atoms with Gasteiger partial charge in [0.15, 0.2) is 0 Å². The number of aromatic nitrogens is 2. The first-order chi connectivity index (χ1) is 6.24. The van der Waals surface area contributed by atoms with E-state index in [1.807, 2.05) is 0 Å². The van der Waals surface area contributed by atoms with E-state index in [9.17, 15) is 4.79 Å². The van der Waals surface area contributed by atoms with Gasteiger partial charge < -0.3 is 10.4 Å². The Kier molecular flexibility index (Phi) is 3.78. The SMILES string of the molecule is O=C(NCCO)c1ncc(Br)cn1. The maximum Gasteiger partial charge on any atom is 0.289 e. The zero-order valence-electron chi connectivity index (χ0n) is 6.70. The molecule has 1 aromatic rings. The number of amides is 1. The van der Waals surface area contributed by atoms with Gasteiger partial charge in [-0.3, -0.25) is 4.79 Å². The van der Waals surface area contributed by atoms with Gasteiger partial charge in [0, 0.05) is 18.9 Å². The maximum atomic E-state index is 11.2. The van der Waals surface area contributed by atoms with Crippen LogP contribution < -0.4 is 5.32 Å². The van der Waals surface area contributed by atoms with Crippen LogP contribution in [0.5, 0.6) is 0 Å². The fourth-order valence-corrected chi connectivity index (χ4v) is 0.883. The number of hydrogen-bond acceptors (Lipinski definition) is 4. The van der Waals surface area contributed by atoms with Gasteiger partial charge in [0.25, 0.3) is 5.91 Å². The molecule has 0 aliphatic heterocycles. The van der Waals surface area contributed by atoms with Crippen molar-refractivity contribution in [2.24, 2.45) is 0 Å². The smallest absolute Gasteiger partial charge is 0.289 e. The van der Waals surface area contributed by atoms with Gasteiger partial charge in [-0.2, -0.15) is 0 Å². The van der Waals surface area contributed by atoms with Crippen molar-refractivity contribution in [1.82, 2.24) is 15.3 Å². The molecule has 1 amide bonds.